The maximum atomic E-state index is 13.1. The minimum atomic E-state index is -1.89. The number of nitrogens with one attached hydrogen (secondary N) is 2. The molecule has 97 heavy (non-hydrogen) atoms. The summed E-state index contributed by atoms with van der Waals surface area (Å²) in [5.41, 5.74) is 8.24. The predicted molar refractivity (Wildman–Crippen MR) is 364 cm³/mol. The molecule has 2 aromatic carbocycles. The van der Waals surface area contributed by atoms with Crippen molar-refractivity contribution in [1.29, 1.82) is 0 Å². The van der Waals surface area contributed by atoms with Gasteiger partial charge in [-0.3, -0.25) is 9.36 Å². The molecule has 0 amide bonds. The van der Waals surface area contributed by atoms with E-state index in [1.807, 2.05) is 9.36 Å². The second-order valence-corrected chi connectivity index (χ2v) is 26.1. The van der Waals surface area contributed by atoms with E-state index in [1.54, 1.807) is 62.8 Å². The molecule has 548 valence electrons. The molecule has 2 aliphatic rings. The van der Waals surface area contributed by atoms with Crippen LogP contribution in [0.3, 0.4) is 0 Å². The number of aromatic nitrogens is 6. The number of unbranched alkanes of at least 4 members (excludes halogenated alkanes) is 28. The number of hydrogen-bond donors (Lipinski definition) is 8. The normalized spacial score (nSPS) is 21.1. The molecular formula is C72H118N8O17. The molecule has 0 radical (unpaired) electrons. The molecule has 25 heteroatoms. The van der Waals surface area contributed by atoms with Crippen LogP contribution in [0.5, 0.6) is 11.5 Å². The number of carbonyl (C=O) groups excluding carboxylic acids is 2. The number of hydroxylamine groups is 2. The fourth-order valence-electron chi connectivity index (χ4n) is 12.1. The third kappa shape index (κ3) is 32.3. The van der Waals surface area contributed by atoms with Gasteiger partial charge in [0.25, 0.3) is 0 Å². The Morgan fingerprint density at radius 2 is 0.722 bits per heavy atom. The van der Waals surface area contributed by atoms with Crippen LogP contribution < -0.4 is 20.4 Å². The summed E-state index contributed by atoms with van der Waals surface area (Å²) in [6, 6.07) is 12.9. The molecule has 8 N–H and O–H groups in total. The van der Waals surface area contributed by atoms with E-state index in [1.165, 1.54) is 141 Å². The molecule has 6 rings (SSSR count). The van der Waals surface area contributed by atoms with E-state index >= 15 is 0 Å². The quantitative estimate of drug-likeness (QED) is 0.0116. The number of aliphatic hydroxyl groups excluding tert-OH is 6. The molecule has 0 saturated carbocycles. The first-order valence-corrected chi connectivity index (χ1v) is 36.6. The fraction of sp³-hybridized carbons (Fsp3) is 0.750. The first-order valence-electron chi connectivity index (χ1n) is 36.6. The summed E-state index contributed by atoms with van der Waals surface area (Å²) >= 11 is 0. The maximum Gasteiger partial charge on any atom is 0.338 e. The van der Waals surface area contributed by atoms with Crippen LogP contribution >= 0.6 is 0 Å². The molecular weight excluding hydrogens is 1250 g/mol. The number of benzene rings is 2. The minimum Gasteiger partial charge on any atom is -0.494 e. The van der Waals surface area contributed by atoms with Crippen LogP contribution in [0.4, 0.5) is 0 Å². The molecule has 0 spiro atoms. The molecule has 0 bridgehead atoms. The number of hydrogen-bond acceptors (Lipinski definition) is 23. The first kappa shape index (κ1) is 80.7. The monoisotopic (exact) mass is 1370 g/mol. The second-order valence-electron chi connectivity index (χ2n) is 26.1. The maximum absolute atomic E-state index is 13.1. The zero-order valence-corrected chi connectivity index (χ0v) is 58.1. The topological polar surface area (TPSA) is 324 Å². The van der Waals surface area contributed by atoms with E-state index in [9.17, 15) is 40.2 Å². The number of rotatable bonds is 56. The third-order valence-corrected chi connectivity index (χ3v) is 18.0. The van der Waals surface area contributed by atoms with Crippen LogP contribution in [0, 0.1) is 0 Å². The Labute approximate surface area is 575 Å². The number of carbonyl (C=O) groups is 2. The van der Waals surface area contributed by atoms with Crippen molar-refractivity contribution < 1.29 is 83.1 Å². The molecule has 10 atom stereocenters. The van der Waals surface area contributed by atoms with E-state index in [4.69, 9.17) is 42.8 Å². The summed E-state index contributed by atoms with van der Waals surface area (Å²) in [5, 5.41) is 81.8. The third-order valence-electron chi connectivity index (χ3n) is 18.0. The van der Waals surface area contributed by atoms with Crippen LogP contribution in [-0.4, -0.2) is 188 Å². The van der Waals surface area contributed by atoms with Crippen molar-refractivity contribution >= 4 is 11.9 Å². The van der Waals surface area contributed by atoms with Crippen molar-refractivity contribution in [3.8, 4) is 11.5 Å². The van der Waals surface area contributed by atoms with E-state index in [0.717, 1.165) is 115 Å². The van der Waals surface area contributed by atoms with Crippen molar-refractivity contribution in [2.45, 2.75) is 293 Å². The number of aliphatic hydroxyl groups is 6. The Bertz CT molecular complexity index is 2460. The molecule has 2 saturated heterocycles. The van der Waals surface area contributed by atoms with Crippen molar-refractivity contribution in [2.24, 2.45) is 0 Å². The summed E-state index contributed by atoms with van der Waals surface area (Å²) in [4.78, 5) is 35.9. The zero-order valence-electron chi connectivity index (χ0n) is 58.1. The van der Waals surface area contributed by atoms with E-state index in [0.29, 0.717) is 24.7 Å². The Morgan fingerprint density at radius 3 is 1.04 bits per heavy atom. The van der Waals surface area contributed by atoms with E-state index in [2.05, 4.69) is 44.0 Å². The van der Waals surface area contributed by atoms with Gasteiger partial charge in [-0.2, -0.15) is 0 Å². The Kier molecular flexibility index (Phi) is 41.0. The van der Waals surface area contributed by atoms with Crippen molar-refractivity contribution in [1.82, 2.24) is 40.9 Å². The van der Waals surface area contributed by atoms with Gasteiger partial charge in [0.15, 0.2) is 12.6 Å². The highest BCUT2D eigenvalue weighted by atomic mass is 16.8. The lowest BCUT2D eigenvalue weighted by Crippen LogP contribution is -2.64. The number of ether oxygens (including phenoxy) is 7. The summed E-state index contributed by atoms with van der Waals surface area (Å²) in [6.45, 7) is 3.23. The Balaban J connectivity index is 0.738. The lowest BCUT2D eigenvalue weighted by molar-refractivity contribution is -0.376. The van der Waals surface area contributed by atoms with Gasteiger partial charge in [0.05, 0.1) is 49.9 Å². The summed E-state index contributed by atoms with van der Waals surface area (Å²) < 4.78 is 43.6. The van der Waals surface area contributed by atoms with Crippen molar-refractivity contribution in [2.75, 3.05) is 53.7 Å². The largest absolute Gasteiger partial charge is 0.494 e. The van der Waals surface area contributed by atoms with Crippen LogP contribution in [-0.2, 0) is 59.3 Å². The lowest BCUT2D eigenvalue weighted by atomic mass is 9.98. The number of nitrogens with zero attached hydrogens (tertiary/aromatic N) is 6. The van der Waals surface area contributed by atoms with Crippen molar-refractivity contribution in [3.05, 3.63) is 83.4 Å². The minimum absolute atomic E-state index is 0.196. The summed E-state index contributed by atoms with van der Waals surface area (Å²) in [5.74, 6) is -0.304. The van der Waals surface area contributed by atoms with Gasteiger partial charge in [-0.1, -0.05) is 177 Å². The highest BCUT2D eigenvalue weighted by molar-refractivity contribution is 5.90. The van der Waals surface area contributed by atoms with Crippen molar-refractivity contribution in [3.63, 3.8) is 0 Å². The lowest BCUT2D eigenvalue weighted by Gasteiger charge is -2.44. The van der Waals surface area contributed by atoms with E-state index < -0.39 is 86.6 Å². The zero-order chi connectivity index (χ0) is 68.9. The molecule has 4 heterocycles. The van der Waals surface area contributed by atoms with Gasteiger partial charge < -0.3 is 73.5 Å². The molecule has 0 aliphatic carbocycles. The van der Waals surface area contributed by atoms with Gasteiger partial charge in [-0.15, -0.1) is 10.2 Å². The molecule has 2 aliphatic heterocycles. The number of esters is 2. The fourth-order valence-corrected chi connectivity index (χ4v) is 12.1. The van der Waals surface area contributed by atoms with Gasteiger partial charge >= 0.3 is 11.9 Å². The summed E-state index contributed by atoms with van der Waals surface area (Å²) in [7, 11) is 3.25. The Hall–Kier alpha value is -5.26. The molecule has 2 fully saturated rings. The van der Waals surface area contributed by atoms with Crippen LogP contribution in [0.25, 0.3) is 0 Å². The summed E-state index contributed by atoms with van der Waals surface area (Å²) in [6.07, 6.45) is 27.6. The molecule has 4 aromatic rings. The van der Waals surface area contributed by atoms with Gasteiger partial charge in [-0.05, 0) is 99.9 Å². The van der Waals surface area contributed by atoms with E-state index in [-0.39, 0.29) is 11.1 Å². The first-order chi connectivity index (χ1) is 47.4. The Morgan fingerprint density at radius 1 is 0.412 bits per heavy atom. The van der Waals surface area contributed by atoms with Crippen LogP contribution in [0.15, 0.2) is 60.9 Å². The van der Waals surface area contributed by atoms with Gasteiger partial charge in [0, 0.05) is 38.6 Å². The second kappa shape index (κ2) is 49.3. The molecule has 2 aromatic heterocycles. The predicted octanol–water partition coefficient (Wildman–Crippen LogP) is 9.54. The SMILES string of the molecule is CONCCCn1cc(CCCCCCCCCCCCCCCCCOc2ccc(C(=O)OC[C@H]3O[C@H](O[C@H]4O[C@H](COC(=O)c5ccc(OCCCCCCCCCCCCCCCCCc6cn(CCCNOC)nn6)cc5)[C@@H](O)[C@H](O)[C@H]4O)[C@H](O)[C@@H](O)[C@@H]3O)cc2)nn1. The number of aryl methyl sites for hydroxylation is 4. The smallest absolute Gasteiger partial charge is 0.338 e. The highest BCUT2D eigenvalue weighted by Crippen LogP contribution is 2.30. The van der Waals surface area contributed by atoms with Gasteiger partial charge in [-0.25, -0.2) is 20.5 Å². The average Bonchev–Trinajstić information content (AvgIpc) is 1.09. The van der Waals surface area contributed by atoms with Gasteiger partial charge in [0.1, 0.15) is 73.5 Å². The highest BCUT2D eigenvalue weighted by Gasteiger charge is 2.50. The van der Waals surface area contributed by atoms with Crippen LogP contribution in [0.2, 0.25) is 0 Å². The molecule has 25 nitrogen and oxygen atoms in total. The van der Waals surface area contributed by atoms with Gasteiger partial charge in [0.2, 0.25) is 0 Å². The average molecular weight is 1370 g/mol. The van der Waals surface area contributed by atoms with Crippen LogP contribution in [0.1, 0.15) is 238 Å². The molecule has 0 unspecified atom stereocenters. The standard InChI is InChI=1S/C72H118N8O17/c1-89-73-45-33-47-79-51-57(75-77-79)35-29-25-21-17-13-9-5-3-7-11-15-19-23-27-31-49-91-59-41-37-55(38-42-59)69(87)93-53-61-63(81)65(83)67(85)71(95-61)97-72-68(86)66(84)64(82)62(96-72)54-94-70(88)56-39-43-60(44-40-56)92-50-32-28-24-20-16-12-8-4-6-10-14-18-22-26-30-36-58-52-80(78-76-58)48-34-46-74-90-2/h37-44,51-52,61-68,71-74,81-86H,3-36,45-50,53-54H2,1-2H3/t61-,62-,63-,64-,65+,66+,67-,68-,71-,72-/m1/s1.